The van der Waals surface area contributed by atoms with E-state index < -0.39 is 17.5 Å². The first-order chi connectivity index (χ1) is 8.97. The molecule has 0 radical (unpaired) electrons. The van der Waals surface area contributed by atoms with E-state index in [0.717, 1.165) is 12.1 Å². The first-order valence-electron chi connectivity index (χ1n) is 5.19. The molecule has 0 heterocycles. The van der Waals surface area contributed by atoms with Gasteiger partial charge in [0.25, 0.3) is 5.91 Å². The van der Waals surface area contributed by atoms with Crippen LogP contribution >= 0.6 is 27.5 Å². The van der Waals surface area contributed by atoms with Crippen LogP contribution in [-0.2, 0) is 0 Å². The van der Waals surface area contributed by atoms with E-state index in [1.807, 2.05) is 0 Å². The van der Waals surface area contributed by atoms with Crippen molar-refractivity contribution in [2.24, 2.45) is 0 Å². The lowest BCUT2D eigenvalue weighted by atomic mass is 10.2. The molecule has 98 valence electrons. The molecular formula is C13H7BrClF2NO. The Labute approximate surface area is 121 Å². The molecule has 0 aliphatic heterocycles. The second kappa shape index (κ2) is 5.67. The lowest BCUT2D eigenvalue weighted by Gasteiger charge is -2.09. The van der Waals surface area contributed by atoms with Gasteiger partial charge in [0.15, 0.2) is 0 Å². The number of hydrogen-bond acceptors (Lipinski definition) is 1. The van der Waals surface area contributed by atoms with Crippen molar-refractivity contribution in [1.29, 1.82) is 0 Å². The largest absolute Gasteiger partial charge is 0.320 e. The average Bonchev–Trinajstić information content (AvgIpc) is 2.33. The van der Waals surface area contributed by atoms with Crippen molar-refractivity contribution < 1.29 is 13.6 Å². The summed E-state index contributed by atoms with van der Waals surface area (Å²) < 4.78 is 26.4. The molecule has 2 aromatic carbocycles. The van der Waals surface area contributed by atoms with E-state index in [0.29, 0.717) is 4.47 Å². The van der Waals surface area contributed by atoms with Gasteiger partial charge < -0.3 is 5.32 Å². The summed E-state index contributed by atoms with van der Waals surface area (Å²) in [7, 11) is 0. The summed E-state index contributed by atoms with van der Waals surface area (Å²) in [5.74, 6) is -1.58. The van der Waals surface area contributed by atoms with Crippen LogP contribution in [0.2, 0.25) is 5.02 Å². The van der Waals surface area contributed by atoms with E-state index in [1.165, 1.54) is 24.3 Å². The molecule has 0 aliphatic rings. The van der Waals surface area contributed by atoms with Gasteiger partial charge in [0.1, 0.15) is 11.6 Å². The van der Waals surface area contributed by atoms with Gasteiger partial charge in [0, 0.05) is 10.0 Å². The van der Waals surface area contributed by atoms with Gasteiger partial charge in [-0.15, -0.1) is 0 Å². The summed E-state index contributed by atoms with van der Waals surface area (Å²) >= 11 is 8.94. The topological polar surface area (TPSA) is 29.1 Å². The first kappa shape index (κ1) is 14.0. The van der Waals surface area contributed by atoms with Crippen molar-refractivity contribution >= 4 is 39.1 Å². The lowest BCUT2D eigenvalue weighted by molar-refractivity contribution is 0.102. The zero-order valence-corrected chi connectivity index (χ0v) is 11.7. The summed E-state index contributed by atoms with van der Waals surface area (Å²) in [4.78, 5) is 11.9. The Balaban J connectivity index is 2.29. The summed E-state index contributed by atoms with van der Waals surface area (Å²) in [6.07, 6.45) is 0. The minimum absolute atomic E-state index is 0.0524. The molecule has 1 amide bonds. The van der Waals surface area contributed by atoms with Crippen molar-refractivity contribution in [3.05, 3.63) is 63.1 Å². The molecule has 0 atom stereocenters. The molecule has 0 saturated heterocycles. The number of benzene rings is 2. The highest BCUT2D eigenvalue weighted by molar-refractivity contribution is 9.10. The second-order valence-electron chi connectivity index (χ2n) is 3.71. The van der Waals surface area contributed by atoms with E-state index >= 15 is 0 Å². The van der Waals surface area contributed by atoms with Crippen LogP contribution in [0.1, 0.15) is 10.4 Å². The third-order valence-electron chi connectivity index (χ3n) is 2.33. The van der Waals surface area contributed by atoms with Crippen molar-refractivity contribution in [3.8, 4) is 0 Å². The number of carbonyl (C=O) groups excluding carboxylic acids is 1. The summed E-state index contributed by atoms with van der Waals surface area (Å²) in [5.41, 5.74) is 0.379. The number of rotatable bonds is 2. The molecule has 0 spiro atoms. The van der Waals surface area contributed by atoms with E-state index in [9.17, 15) is 13.6 Å². The average molecular weight is 347 g/mol. The molecule has 2 nitrogen and oxygen atoms in total. The summed E-state index contributed by atoms with van der Waals surface area (Å²) in [6.45, 7) is 0. The fourth-order valence-electron chi connectivity index (χ4n) is 1.48. The molecule has 0 aliphatic carbocycles. The van der Waals surface area contributed by atoms with Crippen molar-refractivity contribution in [2.45, 2.75) is 0 Å². The third kappa shape index (κ3) is 3.30. The Kier molecular flexibility index (Phi) is 4.17. The van der Waals surface area contributed by atoms with Crippen LogP contribution in [0.25, 0.3) is 0 Å². The molecular weight excluding hydrogens is 340 g/mol. The maximum atomic E-state index is 13.0. The number of nitrogens with one attached hydrogen (secondary N) is 1. The maximum Gasteiger partial charge on any atom is 0.255 e. The fraction of sp³-hybridized carbons (Fsp3) is 0. The van der Waals surface area contributed by atoms with Crippen molar-refractivity contribution in [2.75, 3.05) is 5.32 Å². The van der Waals surface area contributed by atoms with Gasteiger partial charge in [-0.2, -0.15) is 0 Å². The van der Waals surface area contributed by atoms with Crippen LogP contribution in [0, 0.1) is 11.6 Å². The Morgan fingerprint density at radius 2 is 1.89 bits per heavy atom. The van der Waals surface area contributed by atoms with Crippen LogP contribution in [0.3, 0.4) is 0 Å². The van der Waals surface area contributed by atoms with Crippen LogP contribution in [0.5, 0.6) is 0 Å². The quantitative estimate of drug-likeness (QED) is 0.844. The normalized spacial score (nSPS) is 10.3. The molecule has 2 aromatic rings. The Morgan fingerprint density at radius 3 is 2.53 bits per heavy atom. The van der Waals surface area contributed by atoms with Gasteiger partial charge in [0.2, 0.25) is 0 Å². The predicted molar refractivity (Wildman–Crippen MR) is 73.5 cm³/mol. The van der Waals surface area contributed by atoms with Gasteiger partial charge in [-0.1, -0.05) is 17.7 Å². The highest BCUT2D eigenvalue weighted by atomic mass is 79.9. The Hall–Kier alpha value is -1.46. The number of halogens is 4. The Bertz CT molecular complexity index is 625. The fourth-order valence-corrected chi connectivity index (χ4v) is 2.38. The number of hydrogen-bond donors (Lipinski definition) is 1. The van der Waals surface area contributed by atoms with Crippen molar-refractivity contribution in [1.82, 2.24) is 0 Å². The highest BCUT2D eigenvalue weighted by Crippen LogP contribution is 2.32. The monoisotopic (exact) mass is 345 g/mol. The Morgan fingerprint density at radius 1 is 1.16 bits per heavy atom. The second-order valence-corrected chi connectivity index (χ2v) is 4.97. The molecule has 0 aromatic heterocycles. The number of anilines is 1. The summed E-state index contributed by atoms with van der Waals surface area (Å²) in [5, 5.41) is 2.55. The van der Waals surface area contributed by atoms with Gasteiger partial charge in [-0.05, 0) is 46.3 Å². The smallest absolute Gasteiger partial charge is 0.255 e. The van der Waals surface area contributed by atoms with Crippen LogP contribution in [0.4, 0.5) is 14.5 Å². The number of amides is 1. The lowest BCUT2D eigenvalue weighted by Crippen LogP contribution is -2.13. The van der Waals surface area contributed by atoms with Crippen molar-refractivity contribution in [3.63, 3.8) is 0 Å². The first-order valence-corrected chi connectivity index (χ1v) is 6.36. The minimum atomic E-state index is -0.534. The third-order valence-corrected chi connectivity index (χ3v) is 3.26. The van der Waals surface area contributed by atoms with Gasteiger partial charge in [0.05, 0.1) is 10.7 Å². The molecule has 6 heteroatoms. The van der Waals surface area contributed by atoms with Gasteiger partial charge in [-0.3, -0.25) is 4.79 Å². The number of carbonyl (C=O) groups is 1. The maximum absolute atomic E-state index is 13.0. The minimum Gasteiger partial charge on any atom is -0.320 e. The highest BCUT2D eigenvalue weighted by Gasteiger charge is 2.13. The van der Waals surface area contributed by atoms with Gasteiger partial charge >= 0.3 is 0 Å². The molecule has 1 N–H and O–H groups in total. The molecule has 0 bridgehead atoms. The van der Waals surface area contributed by atoms with Gasteiger partial charge in [-0.25, -0.2) is 8.78 Å². The summed E-state index contributed by atoms with van der Waals surface area (Å²) in [6, 6.07) is 7.47. The molecule has 2 rings (SSSR count). The molecule has 0 unspecified atom stereocenters. The van der Waals surface area contributed by atoms with E-state index in [2.05, 4.69) is 21.2 Å². The van der Waals surface area contributed by atoms with E-state index in [4.69, 9.17) is 11.6 Å². The van der Waals surface area contributed by atoms with Crippen LogP contribution in [0.15, 0.2) is 40.9 Å². The SMILES string of the molecule is O=C(Nc1c(Cl)cc(F)cc1Br)c1cccc(F)c1. The molecule has 0 saturated carbocycles. The zero-order valence-electron chi connectivity index (χ0n) is 9.38. The van der Waals surface area contributed by atoms with E-state index in [-0.39, 0.29) is 16.3 Å². The zero-order chi connectivity index (χ0) is 14.0. The van der Waals surface area contributed by atoms with Crippen LogP contribution < -0.4 is 5.32 Å². The van der Waals surface area contributed by atoms with E-state index in [1.54, 1.807) is 0 Å². The molecule has 19 heavy (non-hydrogen) atoms. The van der Waals surface area contributed by atoms with Crippen LogP contribution in [-0.4, -0.2) is 5.91 Å². The standard InChI is InChI=1S/C13H7BrClF2NO/c14-10-5-9(17)6-11(15)12(10)18-13(19)7-2-1-3-8(16)4-7/h1-6H,(H,18,19). The predicted octanol–water partition coefficient (Wildman–Crippen LogP) is 4.63. The molecule has 0 fully saturated rings.